The molecule has 3 heterocycles. The Morgan fingerprint density at radius 2 is 1.69 bits per heavy atom. The molecule has 2 fully saturated rings. The van der Waals surface area contributed by atoms with E-state index < -0.39 is 0 Å². The van der Waals surface area contributed by atoms with E-state index in [4.69, 9.17) is 0 Å². The van der Waals surface area contributed by atoms with E-state index in [0.717, 1.165) is 45.6 Å². The molecule has 1 aromatic rings. The summed E-state index contributed by atoms with van der Waals surface area (Å²) in [6, 6.07) is 4.27. The van der Waals surface area contributed by atoms with Crippen LogP contribution in [0, 0.1) is 11.3 Å². The van der Waals surface area contributed by atoms with Gasteiger partial charge in [0.15, 0.2) is 0 Å². The summed E-state index contributed by atoms with van der Waals surface area (Å²) in [5.74, 6) is 0.581. The van der Waals surface area contributed by atoms with Crippen molar-refractivity contribution >= 4 is 23.2 Å². The number of thiophene rings is 1. The summed E-state index contributed by atoms with van der Waals surface area (Å²) >= 11 is 1.80. The Kier molecular flexibility index (Phi) is 6.03. The SMILES string of the molecule is CC(C)(C)C(=O)N1CCC(C(=O)N2CCN(Cc3cccs3)CC2)CC1. The van der Waals surface area contributed by atoms with Gasteiger partial charge in [0, 0.05) is 62.0 Å². The lowest BCUT2D eigenvalue weighted by molar-refractivity contribution is -0.145. The van der Waals surface area contributed by atoms with Crippen LogP contribution in [0.4, 0.5) is 0 Å². The Hall–Kier alpha value is -1.40. The van der Waals surface area contributed by atoms with Crippen molar-refractivity contribution in [2.45, 2.75) is 40.2 Å². The van der Waals surface area contributed by atoms with Crippen molar-refractivity contribution in [3.05, 3.63) is 22.4 Å². The second kappa shape index (κ2) is 8.09. The smallest absolute Gasteiger partial charge is 0.227 e. The summed E-state index contributed by atoms with van der Waals surface area (Å²) in [6.45, 7) is 11.8. The molecule has 0 saturated carbocycles. The highest BCUT2D eigenvalue weighted by Crippen LogP contribution is 2.25. The molecule has 0 radical (unpaired) electrons. The monoisotopic (exact) mass is 377 g/mol. The van der Waals surface area contributed by atoms with Gasteiger partial charge in [0.25, 0.3) is 0 Å². The molecule has 0 atom stereocenters. The second-order valence-electron chi connectivity index (χ2n) is 8.50. The van der Waals surface area contributed by atoms with Crippen LogP contribution in [0.1, 0.15) is 38.5 Å². The Morgan fingerprint density at radius 1 is 1.04 bits per heavy atom. The Bertz CT molecular complexity index is 608. The van der Waals surface area contributed by atoms with Gasteiger partial charge in [-0.25, -0.2) is 0 Å². The van der Waals surface area contributed by atoms with Gasteiger partial charge in [-0.2, -0.15) is 0 Å². The van der Waals surface area contributed by atoms with E-state index in [2.05, 4.69) is 22.4 Å². The van der Waals surface area contributed by atoms with Gasteiger partial charge in [0.2, 0.25) is 11.8 Å². The van der Waals surface area contributed by atoms with Crippen LogP contribution >= 0.6 is 11.3 Å². The van der Waals surface area contributed by atoms with Gasteiger partial charge in [-0.05, 0) is 24.3 Å². The highest BCUT2D eigenvalue weighted by molar-refractivity contribution is 7.09. The number of piperazine rings is 1. The first-order valence-electron chi connectivity index (χ1n) is 9.67. The summed E-state index contributed by atoms with van der Waals surface area (Å²) in [7, 11) is 0. The Morgan fingerprint density at radius 3 is 2.23 bits per heavy atom. The number of hydrogen-bond acceptors (Lipinski definition) is 4. The van der Waals surface area contributed by atoms with Crippen LogP contribution in [0.25, 0.3) is 0 Å². The third kappa shape index (κ3) is 4.65. The first kappa shape index (κ1) is 19.4. The van der Waals surface area contributed by atoms with E-state index in [1.54, 1.807) is 11.3 Å². The molecule has 0 unspecified atom stereocenters. The Labute approximate surface area is 161 Å². The van der Waals surface area contributed by atoms with Crippen molar-refractivity contribution in [2.24, 2.45) is 11.3 Å². The lowest BCUT2D eigenvalue weighted by Crippen LogP contribution is -2.52. The molecule has 3 rings (SSSR count). The molecule has 6 heteroatoms. The number of hydrogen-bond donors (Lipinski definition) is 0. The molecule has 0 bridgehead atoms. The molecule has 144 valence electrons. The van der Waals surface area contributed by atoms with Crippen molar-refractivity contribution in [3.63, 3.8) is 0 Å². The van der Waals surface area contributed by atoms with Gasteiger partial charge in [0.1, 0.15) is 0 Å². The van der Waals surface area contributed by atoms with Gasteiger partial charge in [-0.1, -0.05) is 26.8 Å². The molecular weight excluding hydrogens is 346 g/mol. The van der Waals surface area contributed by atoms with Gasteiger partial charge in [0.05, 0.1) is 0 Å². The minimum atomic E-state index is -0.338. The molecular formula is C20H31N3O2S. The van der Waals surface area contributed by atoms with Crippen molar-refractivity contribution in [3.8, 4) is 0 Å². The standard InChI is InChI=1S/C20H31N3O2S/c1-20(2,3)19(25)23-8-6-16(7-9-23)18(24)22-12-10-21(11-13-22)15-17-5-4-14-26-17/h4-5,14,16H,6-13,15H2,1-3H3. The molecule has 1 aromatic heterocycles. The predicted molar refractivity (Wildman–Crippen MR) is 105 cm³/mol. The van der Waals surface area contributed by atoms with E-state index in [0.29, 0.717) is 19.0 Å². The Balaban J connectivity index is 1.44. The maximum Gasteiger partial charge on any atom is 0.227 e. The fraction of sp³-hybridized carbons (Fsp3) is 0.700. The van der Waals surface area contributed by atoms with Crippen molar-refractivity contribution in [1.29, 1.82) is 0 Å². The zero-order valence-corrected chi connectivity index (χ0v) is 17.1. The molecule has 2 aliphatic heterocycles. The highest BCUT2D eigenvalue weighted by atomic mass is 32.1. The molecule has 0 aromatic carbocycles. The zero-order chi connectivity index (χ0) is 18.7. The quantitative estimate of drug-likeness (QED) is 0.813. The highest BCUT2D eigenvalue weighted by Gasteiger charge is 2.34. The lowest BCUT2D eigenvalue weighted by Gasteiger charge is -2.39. The largest absolute Gasteiger partial charge is 0.342 e. The minimum absolute atomic E-state index is 0.0860. The van der Waals surface area contributed by atoms with E-state index in [9.17, 15) is 9.59 Å². The summed E-state index contributed by atoms with van der Waals surface area (Å²) in [5.41, 5.74) is -0.338. The van der Waals surface area contributed by atoms with E-state index in [1.807, 2.05) is 30.6 Å². The molecule has 5 nitrogen and oxygen atoms in total. The summed E-state index contributed by atoms with van der Waals surface area (Å²) in [6.07, 6.45) is 1.60. The molecule has 0 N–H and O–H groups in total. The molecule has 2 aliphatic rings. The average Bonchev–Trinajstić information content (AvgIpc) is 3.13. The third-order valence-electron chi connectivity index (χ3n) is 5.42. The number of carbonyl (C=O) groups is 2. The van der Waals surface area contributed by atoms with Gasteiger partial charge in [-0.3, -0.25) is 14.5 Å². The van der Waals surface area contributed by atoms with Crippen LogP contribution in [0.3, 0.4) is 0 Å². The molecule has 0 spiro atoms. The van der Waals surface area contributed by atoms with Gasteiger partial charge < -0.3 is 9.80 Å². The number of rotatable bonds is 3. The molecule has 0 aliphatic carbocycles. The van der Waals surface area contributed by atoms with Crippen molar-refractivity contribution in [2.75, 3.05) is 39.3 Å². The van der Waals surface area contributed by atoms with Gasteiger partial charge in [-0.15, -0.1) is 11.3 Å². The molecule has 2 saturated heterocycles. The van der Waals surface area contributed by atoms with E-state index >= 15 is 0 Å². The van der Waals surface area contributed by atoms with Crippen molar-refractivity contribution < 1.29 is 9.59 Å². The minimum Gasteiger partial charge on any atom is -0.342 e. The fourth-order valence-electron chi connectivity index (χ4n) is 3.81. The zero-order valence-electron chi connectivity index (χ0n) is 16.2. The number of amides is 2. The van der Waals surface area contributed by atoms with E-state index in [1.165, 1.54) is 4.88 Å². The summed E-state index contributed by atoms with van der Waals surface area (Å²) in [4.78, 5) is 33.0. The van der Waals surface area contributed by atoms with E-state index in [-0.39, 0.29) is 17.2 Å². The average molecular weight is 378 g/mol. The van der Waals surface area contributed by atoms with Crippen molar-refractivity contribution in [1.82, 2.24) is 14.7 Å². The molecule has 26 heavy (non-hydrogen) atoms. The summed E-state index contributed by atoms with van der Waals surface area (Å²) in [5, 5.41) is 2.12. The first-order valence-corrected chi connectivity index (χ1v) is 10.6. The fourth-order valence-corrected chi connectivity index (χ4v) is 4.56. The normalized spacial score (nSPS) is 20.4. The number of nitrogens with zero attached hydrogens (tertiary/aromatic N) is 3. The first-order chi connectivity index (χ1) is 12.3. The number of piperidine rings is 1. The van der Waals surface area contributed by atoms with Crippen LogP contribution in [-0.4, -0.2) is 65.8 Å². The lowest BCUT2D eigenvalue weighted by atomic mass is 9.90. The van der Waals surface area contributed by atoms with Gasteiger partial charge >= 0.3 is 0 Å². The predicted octanol–water partition coefficient (Wildman–Crippen LogP) is 2.68. The van der Waals surface area contributed by atoms with Crippen LogP contribution < -0.4 is 0 Å². The van der Waals surface area contributed by atoms with Crippen LogP contribution in [0.2, 0.25) is 0 Å². The topological polar surface area (TPSA) is 43.9 Å². The maximum absolute atomic E-state index is 12.9. The van der Waals surface area contributed by atoms with Crippen LogP contribution in [-0.2, 0) is 16.1 Å². The summed E-state index contributed by atoms with van der Waals surface area (Å²) < 4.78 is 0. The molecule has 2 amide bonds. The maximum atomic E-state index is 12.9. The second-order valence-corrected chi connectivity index (χ2v) is 9.53. The number of likely N-dealkylation sites (tertiary alicyclic amines) is 1. The van der Waals surface area contributed by atoms with Crippen LogP contribution in [0.5, 0.6) is 0 Å². The van der Waals surface area contributed by atoms with Crippen LogP contribution in [0.15, 0.2) is 17.5 Å². The number of carbonyl (C=O) groups excluding carboxylic acids is 2. The third-order valence-corrected chi connectivity index (χ3v) is 6.28.